The van der Waals surface area contributed by atoms with E-state index < -0.39 is 11.7 Å². The Balaban J connectivity index is 2.03. The zero-order valence-electron chi connectivity index (χ0n) is 12.4. The van der Waals surface area contributed by atoms with Gasteiger partial charge in [-0.3, -0.25) is 4.79 Å². The van der Waals surface area contributed by atoms with Crippen LogP contribution in [0.15, 0.2) is 29.6 Å². The molecule has 0 radical (unpaired) electrons. The summed E-state index contributed by atoms with van der Waals surface area (Å²) in [7, 11) is 0. The smallest absolute Gasteiger partial charge is 0.350 e. The summed E-state index contributed by atoms with van der Waals surface area (Å²) in [5, 5.41) is 5.09. The maximum atomic E-state index is 12.5. The van der Waals surface area contributed by atoms with Crippen molar-refractivity contribution in [2.45, 2.75) is 19.6 Å². The van der Waals surface area contributed by atoms with Crippen LogP contribution >= 0.6 is 11.3 Å². The van der Waals surface area contributed by atoms with E-state index in [1.807, 2.05) is 0 Å². The number of alkyl halides is 3. The topological polar surface area (TPSA) is 68.0 Å². The van der Waals surface area contributed by atoms with Crippen LogP contribution in [-0.4, -0.2) is 17.4 Å². The summed E-state index contributed by atoms with van der Waals surface area (Å²) < 4.78 is 37.6. The number of amides is 1. The summed E-state index contributed by atoms with van der Waals surface area (Å²) in [4.78, 5) is 16.0. The number of carbonyl (C=O) groups is 1. The van der Waals surface area contributed by atoms with Crippen molar-refractivity contribution in [2.24, 2.45) is 11.7 Å². The van der Waals surface area contributed by atoms with E-state index in [-0.39, 0.29) is 24.9 Å². The molecular formula is C15H16F3N3OS. The number of nitrogens with one attached hydrogen (secondary N) is 1. The fourth-order valence-electron chi connectivity index (χ4n) is 1.78. The van der Waals surface area contributed by atoms with Gasteiger partial charge in [-0.15, -0.1) is 11.3 Å². The average Bonchev–Trinajstić information content (AvgIpc) is 3.00. The first-order valence-electron chi connectivity index (χ1n) is 6.91. The molecule has 2 aromatic rings. The Morgan fingerprint density at radius 1 is 1.35 bits per heavy atom. The molecule has 0 fully saturated rings. The van der Waals surface area contributed by atoms with Crippen molar-refractivity contribution < 1.29 is 18.0 Å². The molecule has 3 N–H and O–H groups in total. The molecule has 0 saturated heterocycles. The third-order valence-corrected chi connectivity index (χ3v) is 4.20. The second kappa shape index (κ2) is 7.10. The minimum Gasteiger partial charge on any atom is -0.350 e. The van der Waals surface area contributed by atoms with Gasteiger partial charge in [-0.1, -0.05) is 19.1 Å². The van der Waals surface area contributed by atoms with Gasteiger partial charge in [0, 0.05) is 23.4 Å². The lowest BCUT2D eigenvalue weighted by Crippen LogP contribution is -2.32. The van der Waals surface area contributed by atoms with Gasteiger partial charge in [0.05, 0.1) is 17.8 Å². The standard InChI is InChI=1S/C15H16F3N3OS/c1-9(6-19)13(22)20-7-12-8-23-14(21-12)10-2-4-11(5-3-10)15(16,17)18/h2-5,8-9H,6-7,19H2,1H3,(H,20,22). The highest BCUT2D eigenvalue weighted by Crippen LogP contribution is 2.31. The molecule has 0 aliphatic carbocycles. The molecule has 8 heteroatoms. The van der Waals surface area contributed by atoms with E-state index in [1.165, 1.54) is 23.5 Å². The fourth-order valence-corrected chi connectivity index (χ4v) is 2.61. The number of hydrogen-bond acceptors (Lipinski definition) is 4. The molecule has 0 bridgehead atoms. The molecular weight excluding hydrogens is 327 g/mol. The lowest BCUT2D eigenvalue weighted by molar-refractivity contribution is -0.137. The maximum absolute atomic E-state index is 12.5. The van der Waals surface area contributed by atoms with Gasteiger partial charge >= 0.3 is 6.18 Å². The van der Waals surface area contributed by atoms with Crippen molar-refractivity contribution in [1.29, 1.82) is 0 Å². The third kappa shape index (κ3) is 4.52. The maximum Gasteiger partial charge on any atom is 0.416 e. The van der Waals surface area contributed by atoms with Gasteiger partial charge in [-0.25, -0.2) is 4.98 Å². The summed E-state index contributed by atoms with van der Waals surface area (Å²) in [5.41, 5.74) is 5.98. The van der Waals surface area contributed by atoms with Crippen LogP contribution in [0, 0.1) is 5.92 Å². The van der Waals surface area contributed by atoms with Crippen LogP contribution in [0.5, 0.6) is 0 Å². The van der Waals surface area contributed by atoms with Crippen LogP contribution in [0.4, 0.5) is 13.2 Å². The van der Waals surface area contributed by atoms with Gasteiger partial charge in [-0.05, 0) is 12.1 Å². The largest absolute Gasteiger partial charge is 0.416 e. The van der Waals surface area contributed by atoms with E-state index in [4.69, 9.17) is 5.73 Å². The number of aromatic nitrogens is 1. The fraction of sp³-hybridized carbons (Fsp3) is 0.333. The molecule has 0 aliphatic heterocycles. The highest BCUT2D eigenvalue weighted by Gasteiger charge is 2.30. The first-order chi connectivity index (χ1) is 10.8. The van der Waals surface area contributed by atoms with Crippen LogP contribution < -0.4 is 11.1 Å². The van der Waals surface area contributed by atoms with Crippen LogP contribution in [0.25, 0.3) is 10.6 Å². The number of halogens is 3. The summed E-state index contributed by atoms with van der Waals surface area (Å²) in [6.07, 6.45) is -4.35. The second-order valence-corrected chi connectivity index (χ2v) is 5.93. The number of benzene rings is 1. The van der Waals surface area contributed by atoms with Gasteiger partial charge in [0.15, 0.2) is 0 Å². The highest BCUT2D eigenvalue weighted by molar-refractivity contribution is 7.13. The molecule has 1 unspecified atom stereocenters. The van der Waals surface area contributed by atoms with Crippen molar-refractivity contribution in [3.05, 3.63) is 40.9 Å². The first kappa shape index (κ1) is 17.4. The Morgan fingerprint density at radius 3 is 2.57 bits per heavy atom. The Labute approximate surface area is 135 Å². The molecule has 1 aromatic heterocycles. The molecule has 0 spiro atoms. The SMILES string of the molecule is CC(CN)C(=O)NCc1csc(-c2ccc(C(F)(F)F)cc2)n1. The molecule has 23 heavy (non-hydrogen) atoms. The molecule has 2 rings (SSSR count). The molecule has 1 aromatic carbocycles. The molecule has 1 amide bonds. The third-order valence-electron chi connectivity index (χ3n) is 3.26. The van der Waals surface area contributed by atoms with Crippen molar-refractivity contribution >= 4 is 17.2 Å². The van der Waals surface area contributed by atoms with Gasteiger partial charge < -0.3 is 11.1 Å². The van der Waals surface area contributed by atoms with E-state index in [0.717, 1.165) is 12.1 Å². The minimum absolute atomic E-state index is 0.156. The van der Waals surface area contributed by atoms with Gasteiger partial charge in [-0.2, -0.15) is 13.2 Å². The van der Waals surface area contributed by atoms with E-state index in [1.54, 1.807) is 12.3 Å². The molecule has 4 nitrogen and oxygen atoms in total. The lowest BCUT2D eigenvalue weighted by Gasteiger charge is -2.08. The second-order valence-electron chi connectivity index (χ2n) is 5.07. The minimum atomic E-state index is -4.35. The first-order valence-corrected chi connectivity index (χ1v) is 7.79. The number of rotatable bonds is 5. The predicted molar refractivity (Wildman–Crippen MR) is 82.6 cm³/mol. The number of nitrogens with zero attached hydrogens (tertiary/aromatic N) is 1. The van der Waals surface area contributed by atoms with Gasteiger partial charge in [0.1, 0.15) is 5.01 Å². The Bertz CT molecular complexity index is 667. The van der Waals surface area contributed by atoms with E-state index in [0.29, 0.717) is 16.3 Å². The lowest BCUT2D eigenvalue weighted by atomic mass is 10.1. The van der Waals surface area contributed by atoms with Gasteiger partial charge in [0.2, 0.25) is 5.91 Å². The zero-order valence-corrected chi connectivity index (χ0v) is 13.2. The molecule has 1 heterocycles. The molecule has 124 valence electrons. The highest BCUT2D eigenvalue weighted by atomic mass is 32.1. The van der Waals surface area contributed by atoms with Crippen molar-refractivity contribution in [2.75, 3.05) is 6.54 Å². The summed E-state index contributed by atoms with van der Waals surface area (Å²) in [6.45, 7) is 2.25. The Morgan fingerprint density at radius 2 is 2.00 bits per heavy atom. The van der Waals surface area contributed by atoms with Gasteiger partial charge in [0.25, 0.3) is 0 Å². The van der Waals surface area contributed by atoms with Crippen molar-refractivity contribution in [3.63, 3.8) is 0 Å². The number of hydrogen-bond donors (Lipinski definition) is 2. The van der Waals surface area contributed by atoms with Crippen molar-refractivity contribution in [3.8, 4) is 10.6 Å². The predicted octanol–water partition coefficient (Wildman–Crippen LogP) is 3.04. The zero-order chi connectivity index (χ0) is 17.0. The van der Waals surface area contributed by atoms with E-state index in [2.05, 4.69) is 10.3 Å². The quantitative estimate of drug-likeness (QED) is 0.877. The summed E-state index contributed by atoms with van der Waals surface area (Å²) in [6, 6.07) is 4.84. The van der Waals surface area contributed by atoms with E-state index >= 15 is 0 Å². The van der Waals surface area contributed by atoms with Crippen LogP contribution in [0.1, 0.15) is 18.2 Å². The molecule has 0 aliphatic rings. The molecule has 0 saturated carbocycles. The number of nitrogens with two attached hydrogens (primary N) is 1. The van der Waals surface area contributed by atoms with E-state index in [9.17, 15) is 18.0 Å². The van der Waals surface area contributed by atoms with Crippen LogP contribution in [0.2, 0.25) is 0 Å². The van der Waals surface area contributed by atoms with Crippen LogP contribution in [-0.2, 0) is 17.5 Å². The number of thiazole rings is 1. The van der Waals surface area contributed by atoms with Crippen LogP contribution in [0.3, 0.4) is 0 Å². The summed E-state index contributed by atoms with van der Waals surface area (Å²) >= 11 is 1.31. The Kier molecular flexibility index (Phi) is 5.38. The molecule has 1 atom stereocenters. The van der Waals surface area contributed by atoms with Crippen molar-refractivity contribution in [1.82, 2.24) is 10.3 Å². The Hall–Kier alpha value is -1.93. The average molecular weight is 343 g/mol. The normalized spacial score (nSPS) is 12.9. The summed E-state index contributed by atoms with van der Waals surface area (Å²) in [5.74, 6) is -0.431. The monoisotopic (exact) mass is 343 g/mol. The number of carbonyl (C=O) groups excluding carboxylic acids is 1.